The third kappa shape index (κ3) is 1.96. The summed E-state index contributed by atoms with van der Waals surface area (Å²) in [5.74, 6) is -0.405. The van der Waals surface area contributed by atoms with Crippen LogP contribution in [0.3, 0.4) is 0 Å². The zero-order chi connectivity index (χ0) is 12.5. The summed E-state index contributed by atoms with van der Waals surface area (Å²) in [6, 6.07) is 11.2. The summed E-state index contributed by atoms with van der Waals surface area (Å²) in [5, 5.41) is 3.23. The number of hydrogen-bond donors (Lipinski definition) is 1. The first-order valence-electron chi connectivity index (χ1n) is 6.00. The lowest BCUT2D eigenvalue weighted by atomic mass is 10.00. The maximum Gasteiger partial charge on any atom is 0.150 e. The molecule has 1 nitrogen and oxygen atoms in total. The molecule has 3 heteroatoms. The summed E-state index contributed by atoms with van der Waals surface area (Å²) < 4.78 is 27.4. The van der Waals surface area contributed by atoms with E-state index in [0.717, 1.165) is 24.2 Å². The van der Waals surface area contributed by atoms with E-state index in [4.69, 9.17) is 0 Å². The molecule has 2 aromatic rings. The summed E-state index contributed by atoms with van der Waals surface area (Å²) in [5.41, 5.74) is 3.15. The van der Waals surface area contributed by atoms with Crippen molar-refractivity contribution in [3.8, 4) is 0 Å². The third-order valence-corrected chi connectivity index (χ3v) is 3.27. The van der Waals surface area contributed by atoms with E-state index in [0.29, 0.717) is 11.1 Å². The van der Waals surface area contributed by atoms with Gasteiger partial charge in [0, 0.05) is 12.2 Å². The molecule has 18 heavy (non-hydrogen) atoms. The molecule has 0 saturated heterocycles. The van der Waals surface area contributed by atoms with Crippen LogP contribution in [0, 0.1) is 5.82 Å². The highest BCUT2D eigenvalue weighted by molar-refractivity contribution is 5.57. The van der Waals surface area contributed by atoms with Crippen LogP contribution < -0.4 is 5.32 Å². The van der Waals surface area contributed by atoms with E-state index in [-0.39, 0.29) is 0 Å². The summed E-state index contributed by atoms with van der Waals surface area (Å²) >= 11 is 0. The first-order valence-corrected chi connectivity index (χ1v) is 6.00. The third-order valence-electron chi connectivity index (χ3n) is 3.27. The standard InChI is InChI=1S/C15H13F2N/c16-13-3-1-2-11(9-13)15(17)12-4-5-14-10(8-12)6-7-18-14/h1-5,8-9,15,18H,6-7H2. The Labute approximate surface area is 104 Å². The van der Waals surface area contributed by atoms with Gasteiger partial charge in [0.25, 0.3) is 0 Å². The Morgan fingerprint density at radius 3 is 2.72 bits per heavy atom. The molecule has 0 radical (unpaired) electrons. The zero-order valence-corrected chi connectivity index (χ0v) is 9.79. The van der Waals surface area contributed by atoms with Crippen molar-refractivity contribution in [1.82, 2.24) is 0 Å². The van der Waals surface area contributed by atoms with E-state index < -0.39 is 12.0 Å². The van der Waals surface area contributed by atoms with Gasteiger partial charge in [-0.05, 0) is 41.3 Å². The molecule has 0 aliphatic carbocycles. The first kappa shape index (κ1) is 11.2. The van der Waals surface area contributed by atoms with Gasteiger partial charge in [-0.3, -0.25) is 0 Å². The highest BCUT2D eigenvalue weighted by atomic mass is 19.1. The highest BCUT2D eigenvalue weighted by Gasteiger charge is 2.17. The molecule has 92 valence electrons. The van der Waals surface area contributed by atoms with Crippen LogP contribution in [0.25, 0.3) is 0 Å². The van der Waals surface area contributed by atoms with Gasteiger partial charge in [0.05, 0.1) is 0 Å². The summed E-state index contributed by atoms with van der Waals surface area (Å²) in [4.78, 5) is 0. The predicted molar refractivity (Wildman–Crippen MR) is 68.0 cm³/mol. The molecule has 2 aromatic carbocycles. The van der Waals surface area contributed by atoms with Crippen molar-refractivity contribution in [2.45, 2.75) is 12.6 Å². The predicted octanol–water partition coefficient (Wildman–Crippen LogP) is 3.85. The molecule has 3 rings (SSSR count). The van der Waals surface area contributed by atoms with Crippen LogP contribution in [-0.4, -0.2) is 6.54 Å². The van der Waals surface area contributed by atoms with Gasteiger partial charge in [-0.2, -0.15) is 0 Å². The molecule has 0 spiro atoms. The lowest BCUT2D eigenvalue weighted by Crippen LogP contribution is -1.96. The SMILES string of the molecule is Fc1cccc(C(F)c2ccc3c(c2)CCN3)c1. The summed E-state index contributed by atoms with van der Waals surface area (Å²) in [6.45, 7) is 0.899. The Morgan fingerprint density at radius 2 is 1.89 bits per heavy atom. The molecular formula is C15H13F2N. The molecule has 1 unspecified atom stereocenters. The summed E-state index contributed by atoms with van der Waals surface area (Å²) in [6.07, 6.45) is -0.356. The Hall–Kier alpha value is -1.90. The molecule has 1 N–H and O–H groups in total. The monoisotopic (exact) mass is 245 g/mol. The largest absolute Gasteiger partial charge is 0.384 e. The molecule has 0 fully saturated rings. The van der Waals surface area contributed by atoms with Gasteiger partial charge in [0.1, 0.15) is 5.82 Å². The Kier molecular flexibility index (Phi) is 2.74. The van der Waals surface area contributed by atoms with Crippen LogP contribution >= 0.6 is 0 Å². The number of fused-ring (bicyclic) bond motifs is 1. The second-order valence-corrected chi connectivity index (χ2v) is 4.51. The van der Waals surface area contributed by atoms with Crippen molar-refractivity contribution in [3.63, 3.8) is 0 Å². The number of alkyl halides is 1. The number of nitrogens with one attached hydrogen (secondary N) is 1. The van der Waals surface area contributed by atoms with Gasteiger partial charge in [0.2, 0.25) is 0 Å². The van der Waals surface area contributed by atoms with Crippen LogP contribution in [0.5, 0.6) is 0 Å². The van der Waals surface area contributed by atoms with Gasteiger partial charge in [0.15, 0.2) is 6.17 Å². The van der Waals surface area contributed by atoms with E-state index in [1.165, 1.54) is 18.2 Å². The minimum absolute atomic E-state index is 0.362. The fourth-order valence-electron chi connectivity index (χ4n) is 2.34. The Balaban J connectivity index is 1.95. The molecule has 1 atom stereocenters. The molecule has 0 bridgehead atoms. The Bertz CT molecular complexity index is 580. The fourth-order valence-corrected chi connectivity index (χ4v) is 2.34. The zero-order valence-electron chi connectivity index (χ0n) is 9.79. The molecule has 1 heterocycles. The fraction of sp³-hybridized carbons (Fsp3) is 0.200. The maximum absolute atomic E-state index is 14.3. The quantitative estimate of drug-likeness (QED) is 0.847. The average Bonchev–Trinajstić information content (AvgIpc) is 2.85. The lowest BCUT2D eigenvalue weighted by Gasteiger charge is -2.10. The van der Waals surface area contributed by atoms with Crippen molar-refractivity contribution < 1.29 is 8.78 Å². The molecule has 0 aromatic heterocycles. The molecule has 1 aliphatic heterocycles. The molecule has 0 saturated carbocycles. The van der Waals surface area contributed by atoms with Crippen LogP contribution in [0.1, 0.15) is 22.9 Å². The topological polar surface area (TPSA) is 12.0 Å². The highest BCUT2D eigenvalue weighted by Crippen LogP contribution is 2.31. The van der Waals surface area contributed by atoms with E-state index >= 15 is 0 Å². The van der Waals surface area contributed by atoms with Crippen molar-refractivity contribution in [2.75, 3.05) is 11.9 Å². The molecule has 1 aliphatic rings. The number of benzene rings is 2. The van der Waals surface area contributed by atoms with Crippen LogP contribution in [0.15, 0.2) is 42.5 Å². The maximum atomic E-state index is 14.3. The minimum atomic E-state index is -1.27. The van der Waals surface area contributed by atoms with Crippen molar-refractivity contribution in [1.29, 1.82) is 0 Å². The number of hydrogen-bond acceptors (Lipinski definition) is 1. The van der Waals surface area contributed by atoms with Gasteiger partial charge in [-0.1, -0.05) is 24.3 Å². The van der Waals surface area contributed by atoms with E-state index in [2.05, 4.69) is 5.32 Å². The van der Waals surface area contributed by atoms with E-state index in [1.54, 1.807) is 12.1 Å². The molecule has 0 amide bonds. The second-order valence-electron chi connectivity index (χ2n) is 4.51. The van der Waals surface area contributed by atoms with Crippen molar-refractivity contribution in [3.05, 3.63) is 65.0 Å². The average molecular weight is 245 g/mol. The number of rotatable bonds is 2. The van der Waals surface area contributed by atoms with Gasteiger partial charge in [-0.15, -0.1) is 0 Å². The first-order chi connectivity index (χ1) is 8.74. The van der Waals surface area contributed by atoms with Gasteiger partial charge >= 0.3 is 0 Å². The lowest BCUT2D eigenvalue weighted by molar-refractivity contribution is 0.400. The van der Waals surface area contributed by atoms with Gasteiger partial charge in [-0.25, -0.2) is 8.78 Å². The number of halogens is 2. The van der Waals surface area contributed by atoms with Crippen LogP contribution in [0.4, 0.5) is 14.5 Å². The van der Waals surface area contributed by atoms with E-state index in [9.17, 15) is 8.78 Å². The number of anilines is 1. The van der Waals surface area contributed by atoms with Crippen LogP contribution in [0.2, 0.25) is 0 Å². The van der Waals surface area contributed by atoms with Crippen molar-refractivity contribution in [2.24, 2.45) is 0 Å². The van der Waals surface area contributed by atoms with Crippen molar-refractivity contribution >= 4 is 5.69 Å². The minimum Gasteiger partial charge on any atom is -0.384 e. The summed E-state index contributed by atoms with van der Waals surface area (Å²) in [7, 11) is 0. The normalized spacial score (nSPS) is 15.0. The van der Waals surface area contributed by atoms with E-state index in [1.807, 2.05) is 12.1 Å². The smallest absolute Gasteiger partial charge is 0.150 e. The molecular weight excluding hydrogens is 232 g/mol. The second kappa shape index (κ2) is 4.41. The Morgan fingerprint density at radius 1 is 1.06 bits per heavy atom. The van der Waals surface area contributed by atoms with Crippen LogP contribution in [-0.2, 0) is 6.42 Å². The van der Waals surface area contributed by atoms with Gasteiger partial charge < -0.3 is 5.32 Å².